The van der Waals surface area contributed by atoms with E-state index in [0.29, 0.717) is 24.1 Å². The van der Waals surface area contributed by atoms with Crippen LogP contribution in [0.3, 0.4) is 0 Å². The lowest BCUT2D eigenvalue weighted by atomic mass is 10.0. The lowest BCUT2D eigenvalue weighted by Gasteiger charge is -2.34. The number of carbonyl (C=O) groups excluding carboxylic acids is 3. The molecule has 0 radical (unpaired) electrons. The average Bonchev–Trinajstić information content (AvgIpc) is 3.49. The molecule has 1 saturated carbocycles. The van der Waals surface area contributed by atoms with Crippen molar-refractivity contribution >= 4 is 17.9 Å². The molecule has 28 heavy (non-hydrogen) atoms. The molecule has 142 valence electrons. The zero-order valence-electron chi connectivity index (χ0n) is 15.3. The van der Waals surface area contributed by atoms with Crippen molar-refractivity contribution in [2.45, 2.75) is 31.5 Å². The van der Waals surface area contributed by atoms with Gasteiger partial charge in [0.1, 0.15) is 6.61 Å². The lowest BCUT2D eigenvalue weighted by molar-refractivity contribution is 0.0457. The van der Waals surface area contributed by atoms with E-state index in [1.807, 2.05) is 30.3 Å². The Kier molecular flexibility index (Phi) is 3.93. The van der Waals surface area contributed by atoms with Crippen molar-refractivity contribution < 1.29 is 19.1 Å². The fourth-order valence-electron chi connectivity index (χ4n) is 4.48. The first kappa shape index (κ1) is 17.0. The van der Waals surface area contributed by atoms with Gasteiger partial charge in [0.25, 0.3) is 11.8 Å². The Morgan fingerprint density at radius 3 is 2.25 bits per heavy atom. The third-order valence-electron chi connectivity index (χ3n) is 5.96. The largest absolute Gasteiger partial charge is 0.445 e. The van der Waals surface area contributed by atoms with Gasteiger partial charge in [-0.25, -0.2) is 4.79 Å². The Balaban J connectivity index is 1.24. The molecule has 0 N–H and O–H groups in total. The highest BCUT2D eigenvalue weighted by molar-refractivity contribution is 6.21. The van der Waals surface area contributed by atoms with Crippen LogP contribution in [0.5, 0.6) is 0 Å². The molecule has 3 aliphatic rings. The molecule has 2 aromatic rings. The third kappa shape index (κ3) is 2.68. The maximum atomic E-state index is 12.7. The minimum atomic E-state index is -0.322. The van der Waals surface area contributed by atoms with Gasteiger partial charge in [0.15, 0.2) is 0 Å². The summed E-state index contributed by atoms with van der Waals surface area (Å²) in [5, 5.41) is 0. The summed E-state index contributed by atoms with van der Waals surface area (Å²) in [7, 11) is 0. The van der Waals surface area contributed by atoms with E-state index in [0.717, 1.165) is 12.0 Å². The van der Waals surface area contributed by atoms with Crippen LogP contribution in [0.2, 0.25) is 0 Å². The monoisotopic (exact) mass is 376 g/mol. The van der Waals surface area contributed by atoms with E-state index in [9.17, 15) is 14.4 Å². The van der Waals surface area contributed by atoms with Crippen LogP contribution in [-0.4, -0.2) is 46.3 Å². The van der Waals surface area contributed by atoms with Crippen molar-refractivity contribution in [1.29, 1.82) is 0 Å². The third-order valence-corrected chi connectivity index (χ3v) is 5.96. The first-order chi connectivity index (χ1) is 13.6. The lowest BCUT2D eigenvalue weighted by Crippen LogP contribution is -2.49. The molecule has 3 amide bonds. The SMILES string of the molecule is O=C(OCc1ccccc1)N1CC[C@H](N2C(=O)c3ccccc3C2=O)[C@H]2C[C@H]21. The minimum Gasteiger partial charge on any atom is -0.445 e. The summed E-state index contributed by atoms with van der Waals surface area (Å²) >= 11 is 0. The summed E-state index contributed by atoms with van der Waals surface area (Å²) in [5.41, 5.74) is 1.91. The van der Waals surface area contributed by atoms with Gasteiger partial charge in [0.2, 0.25) is 0 Å². The Labute approximate surface area is 162 Å². The van der Waals surface area contributed by atoms with Crippen LogP contribution in [0, 0.1) is 5.92 Å². The van der Waals surface area contributed by atoms with Crippen molar-refractivity contribution in [3.05, 3.63) is 71.3 Å². The van der Waals surface area contributed by atoms with Crippen LogP contribution in [0.25, 0.3) is 0 Å². The highest BCUT2D eigenvalue weighted by atomic mass is 16.6. The Morgan fingerprint density at radius 1 is 0.929 bits per heavy atom. The standard InChI is InChI=1S/C22H20N2O4/c25-20-15-8-4-5-9-16(15)21(26)24(20)18-10-11-23(19-12-17(18)19)22(27)28-13-14-6-2-1-3-7-14/h1-9,17-19H,10-13H2/t17-,18+,19-/m1/s1. The number of rotatable bonds is 3. The molecule has 6 nitrogen and oxygen atoms in total. The van der Waals surface area contributed by atoms with Gasteiger partial charge in [-0.2, -0.15) is 0 Å². The number of fused-ring (bicyclic) bond motifs is 2. The molecule has 2 aliphatic heterocycles. The molecular weight excluding hydrogens is 356 g/mol. The molecule has 1 aliphatic carbocycles. The van der Waals surface area contributed by atoms with Crippen molar-refractivity contribution in [2.75, 3.05) is 6.54 Å². The van der Waals surface area contributed by atoms with Gasteiger partial charge < -0.3 is 9.64 Å². The van der Waals surface area contributed by atoms with E-state index in [-0.39, 0.29) is 42.5 Å². The number of nitrogens with zero attached hydrogens (tertiary/aromatic N) is 2. The Hall–Kier alpha value is -3.15. The number of likely N-dealkylation sites (tertiary alicyclic amines) is 1. The minimum absolute atomic E-state index is 0.0475. The molecule has 0 unspecified atom stereocenters. The quantitative estimate of drug-likeness (QED) is 0.772. The predicted octanol–water partition coefficient (Wildman–Crippen LogP) is 3.08. The topological polar surface area (TPSA) is 66.9 Å². The van der Waals surface area contributed by atoms with E-state index in [2.05, 4.69) is 0 Å². The van der Waals surface area contributed by atoms with Crippen molar-refractivity contribution in [2.24, 2.45) is 5.92 Å². The normalized spacial score (nSPS) is 25.4. The predicted molar refractivity (Wildman–Crippen MR) is 101 cm³/mol. The van der Waals surface area contributed by atoms with E-state index in [4.69, 9.17) is 4.74 Å². The number of ether oxygens (including phenoxy) is 1. The number of imide groups is 1. The number of hydrogen-bond acceptors (Lipinski definition) is 4. The van der Waals surface area contributed by atoms with Gasteiger partial charge in [-0.3, -0.25) is 14.5 Å². The first-order valence-corrected chi connectivity index (χ1v) is 9.59. The van der Waals surface area contributed by atoms with Crippen LogP contribution >= 0.6 is 0 Å². The smallest absolute Gasteiger partial charge is 0.410 e. The Morgan fingerprint density at radius 2 is 1.57 bits per heavy atom. The summed E-state index contributed by atoms with van der Waals surface area (Å²) in [5.74, 6) is -0.284. The van der Waals surface area contributed by atoms with Crippen LogP contribution in [0.4, 0.5) is 4.79 Å². The van der Waals surface area contributed by atoms with E-state index in [1.54, 1.807) is 29.2 Å². The van der Waals surface area contributed by atoms with Crippen LogP contribution < -0.4 is 0 Å². The maximum Gasteiger partial charge on any atom is 0.410 e. The molecule has 6 heteroatoms. The number of amides is 3. The zero-order valence-corrected chi connectivity index (χ0v) is 15.3. The van der Waals surface area contributed by atoms with Crippen LogP contribution in [-0.2, 0) is 11.3 Å². The summed E-state index contributed by atoms with van der Waals surface area (Å²) in [6.07, 6.45) is 1.07. The number of hydrogen-bond donors (Lipinski definition) is 0. The fraction of sp³-hybridized carbons (Fsp3) is 0.318. The van der Waals surface area contributed by atoms with Gasteiger partial charge in [-0.1, -0.05) is 42.5 Å². The molecule has 5 rings (SSSR count). The molecule has 0 spiro atoms. The van der Waals surface area contributed by atoms with Crippen molar-refractivity contribution in [3.63, 3.8) is 0 Å². The Bertz CT molecular complexity index is 923. The van der Waals surface area contributed by atoms with Gasteiger partial charge in [-0.15, -0.1) is 0 Å². The molecular formula is C22H20N2O4. The highest BCUT2D eigenvalue weighted by Crippen LogP contribution is 2.47. The number of carbonyl (C=O) groups is 3. The highest BCUT2D eigenvalue weighted by Gasteiger charge is 2.56. The molecule has 2 fully saturated rings. The summed E-state index contributed by atoms with van der Waals surface area (Å²) in [6.45, 7) is 0.738. The first-order valence-electron chi connectivity index (χ1n) is 9.59. The molecule has 0 aromatic heterocycles. The molecule has 2 aromatic carbocycles. The zero-order chi connectivity index (χ0) is 19.3. The van der Waals surface area contributed by atoms with E-state index < -0.39 is 0 Å². The number of benzene rings is 2. The fourth-order valence-corrected chi connectivity index (χ4v) is 4.48. The van der Waals surface area contributed by atoms with Crippen molar-refractivity contribution in [1.82, 2.24) is 9.80 Å². The van der Waals surface area contributed by atoms with Crippen molar-refractivity contribution in [3.8, 4) is 0 Å². The van der Waals surface area contributed by atoms with E-state index >= 15 is 0 Å². The second-order valence-electron chi connectivity index (χ2n) is 7.58. The number of piperidine rings is 1. The summed E-state index contributed by atoms with van der Waals surface area (Å²) < 4.78 is 5.46. The molecule has 0 bridgehead atoms. The summed E-state index contributed by atoms with van der Waals surface area (Å²) in [4.78, 5) is 41.2. The second kappa shape index (κ2) is 6.48. The maximum absolute atomic E-state index is 12.7. The van der Waals surface area contributed by atoms with E-state index in [1.165, 1.54) is 4.90 Å². The average molecular weight is 376 g/mol. The van der Waals surface area contributed by atoms with Crippen LogP contribution in [0.15, 0.2) is 54.6 Å². The summed E-state index contributed by atoms with van der Waals surface area (Å²) in [6, 6.07) is 16.4. The van der Waals surface area contributed by atoms with Gasteiger partial charge in [0, 0.05) is 24.5 Å². The van der Waals surface area contributed by atoms with Gasteiger partial charge in [-0.05, 0) is 30.5 Å². The van der Waals surface area contributed by atoms with Gasteiger partial charge in [0.05, 0.1) is 11.1 Å². The second-order valence-corrected chi connectivity index (χ2v) is 7.58. The van der Waals surface area contributed by atoms with Gasteiger partial charge >= 0.3 is 6.09 Å². The molecule has 3 atom stereocenters. The molecule has 1 saturated heterocycles. The van der Waals surface area contributed by atoms with Crippen LogP contribution in [0.1, 0.15) is 39.1 Å². The molecule has 2 heterocycles.